The van der Waals surface area contributed by atoms with E-state index in [1.165, 1.54) is 38.3 Å². The topological polar surface area (TPSA) is 42.0 Å². The maximum absolute atomic E-state index is 12.0. The lowest BCUT2D eigenvalue weighted by molar-refractivity contribution is 0.0941. The van der Waals surface area contributed by atoms with Crippen molar-refractivity contribution >= 4 is 29.1 Å². The molecule has 0 spiro atoms. The van der Waals surface area contributed by atoms with Crippen molar-refractivity contribution in [3.63, 3.8) is 0 Å². The SMILES string of the molecule is CCC1CCC(CNC(=O)c2cnc(Cl)c(Cl)c2)CC1. The van der Waals surface area contributed by atoms with Gasteiger partial charge in [-0.15, -0.1) is 0 Å². The lowest BCUT2D eigenvalue weighted by Crippen LogP contribution is -2.31. The first-order valence-corrected chi connectivity index (χ1v) is 7.95. The van der Waals surface area contributed by atoms with Crippen molar-refractivity contribution in [3.05, 3.63) is 28.0 Å². The number of rotatable bonds is 4. The van der Waals surface area contributed by atoms with E-state index in [1.54, 1.807) is 6.07 Å². The number of hydrogen-bond acceptors (Lipinski definition) is 2. The number of nitrogens with zero attached hydrogens (tertiary/aromatic N) is 1. The van der Waals surface area contributed by atoms with Gasteiger partial charge in [0.25, 0.3) is 5.91 Å². The maximum atomic E-state index is 12.0. The third-order valence-electron chi connectivity index (χ3n) is 4.15. The molecule has 1 amide bonds. The summed E-state index contributed by atoms with van der Waals surface area (Å²) >= 11 is 11.6. The molecule has 1 heterocycles. The first-order valence-electron chi connectivity index (χ1n) is 7.19. The lowest BCUT2D eigenvalue weighted by Gasteiger charge is -2.27. The van der Waals surface area contributed by atoms with Gasteiger partial charge < -0.3 is 5.32 Å². The molecule has 0 bridgehead atoms. The quantitative estimate of drug-likeness (QED) is 0.840. The number of aromatic nitrogens is 1. The fourth-order valence-electron chi connectivity index (χ4n) is 2.73. The van der Waals surface area contributed by atoms with Crippen LogP contribution in [0.3, 0.4) is 0 Å². The molecule has 1 aliphatic carbocycles. The molecule has 1 aromatic heterocycles. The van der Waals surface area contributed by atoms with Gasteiger partial charge >= 0.3 is 0 Å². The zero-order valence-electron chi connectivity index (χ0n) is 11.7. The molecular formula is C15H20Cl2N2O. The van der Waals surface area contributed by atoms with E-state index in [9.17, 15) is 4.79 Å². The van der Waals surface area contributed by atoms with Crippen LogP contribution in [0.5, 0.6) is 0 Å². The molecule has 0 saturated heterocycles. The molecule has 1 saturated carbocycles. The minimum absolute atomic E-state index is 0.131. The summed E-state index contributed by atoms with van der Waals surface area (Å²) in [6.07, 6.45) is 7.71. The molecule has 1 fully saturated rings. The monoisotopic (exact) mass is 314 g/mol. The van der Waals surface area contributed by atoms with Gasteiger partial charge in [0.15, 0.2) is 0 Å². The molecule has 1 aromatic rings. The van der Waals surface area contributed by atoms with Crippen molar-refractivity contribution in [1.82, 2.24) is 10.3 Å². The fraction of sp³-hybridized carbons (Fsp3) is 0.600. The van der Waals surface area contributed by atoms with E-state index in [0.29, 0.717) is 16.5 Å². The molecule has 1 N–H and O–H groups in total. The third-order valence-corrected chi connectivity index (χ3v) is 4.84. The number of hydrogen-bond donors (Lipinski definition) is 1. The predicted octanol–water partition coefficient (Wildman–Crippen LogP) is 4.33. The van der Waals surface area contributed by atoms with Gasteiger partial charge in [0.1, 0.15) is 5.15 Å². The standard InChI is InChI=1S/C15H20Cl2N2O/c1-2-10-3-5-11(6-4-10)8-19-15(20)12-7-13(16)14(17)18-9-12/h7,9-11H,2-6,8H2,1H3,(H,19,20). The van der Waals surface area contributed by atoms with Crippen molar-refractivity contribution in [2.75, 3.05) is 6.54 Å². The Morgan fingerprint density at radius 2 is 1.95 bits per heavy atom. The Labute approximate surface area is 130 Å². The highest BCUT2D eigenvalue weighted by molar-refractivity contribution is 6.41. The summed E-state index contributed by atoms with van der Waals surface area (Å²) in [6, 6.07) is 1.56. The fourth-order valence-corrected chi connectivity index (χ4v) is 3.00. The van der Waals surface area contributed by atoms with Crippen LogP contribution in [-0.2, 0) is 0 Å². The van der Waals surface area contributed by atoms with Crippen LogP contribution in [0.25, 0.3) is 0 Å². The molecule has 0 atom stereocenters. The van der Waals surface area contributed by atoms with Crippen molar-refractivity contribution in [3.8, 4) is 0 Å². The van der Waals surface area contributed by atoms with Crippen LogP contribution in [0.4, 0.5) is 0 Å². The Morgan fingerprint density at radius 3 is 2.55 bits per heavy atom. The number of halogens is 2. The van der Waals surface area contributed by atoms with E-state index in [0.717, 1.165) is 12.5 Å². The third kappa shape index (κ3) is 4.10. The van der Waals surface area contributed by atoms with Crippen molar-refractivity contribution in [1.29, 1.82) is 0 Å². The van der Waals surface area contributed by atoms with Gasteiger partial charge in [0.2, 0.25) is 0 Å². The van der Waals surface area contributed by atoms with E-state index in [2.05, 4.69) is 17.2 Å². The van der Waals surface area contributed by atoms with Crippen LogP contribution in [0.1, 0.15) is 49.4 Å². The number of carbonyl (C=O) groups is 1. The molecule has 0 unspecified atom stereocenters. The van der Waals surface area contributed by atoms with E-state index >= 15 is 0 Å². The summed E-state index contributed by atoms with van der Waals surface area (Å²) in [4.78, 5) is 15.9. The predicted molar refractivity (Wildman–Crippen MR) is 82.3 cm³/mol. The van der Waals surface area contributed by atoms with Crippen LogP contribution in [0, 0.1) is 11.8 Å². The molecule has 110 valence electrons. The van der Waals surface area contributed by atoms with Gasteiger partial charge in [-0.25, -0.2) is 4.98 Å². The van der Waals surface area contributed by atoms with Gasteiger partial charge in [-0.3, -0.25) is 4.79 Å². The van der Waals surface area contributed by atoms with Crippen LogP contribution >= 0.6 is 23.2 Å². The van der Waals surface area contributed by atoms with Gasteiger partial charge in [0, 0.05) is 12.7 Å². The van der Waals surface area contributed by atoms with Crippen molar-refractivity contribution in [2.45, 2.75) is 39.0 Å². The summed E-state index contributed by atoms with van der Waals surface area (Å²) in [5, 5.41) is 3.50. The number of nitrogens with one attached hydrogen (secondary N) is 1. The largest absolute Gasteiger partial charge is 0.352 e. The molecule has 5 heteroatoms. The molecule has 1 aliphatic rings. The minimum atomic E-state index is -0.131. The highest BCUT2D eigenvalue weighted by Gasteiger charge is 2.20. The molecule has 2 rings (SSSR count). The average molecular weight is 315 g/mol. The van der Waals surface area contributed by atoms with Gasteiger partial charge in [-0.1, -0.05) is 49.4 Å². The van der Waals surface area contributed by atoms with Gasteiger partial charge in [0.05, 0.1) is 10.6 Å². The molecule has 0 aliphatic heterocycles. The molecule has 0 aromatic carbocycles. The Bertz CT molecular complexity index is 471. The highest BCUT2D eigenvalue weighted by Crippen LogP contribution is 2.30. The van der Waals surface area contributed by atoms with Crippen LogP contribution < -0.4 is 5.32 Å². The Morgan fingerprint density at radius 1 is 1.30 bits per heavy atom. The second-order valence-electron chi connectivity index (χ2n) is 5.50. The van der Waals surface area contributed by atoms with Crippen LogP contribution in [-0.4, -0.2) is 17.4 Å². The second kappa shape index (κ2) is 7.28. The first-order chi connectivity index (χ1) is 9.60. The van der Waals surface area contributed by atoms with Crippen LogP contribution in [0.2, 0.25) is 10.2 Å². The zero-order valence-corrected chi connectivity index (χ0v) is 13.2. The molecule has 20 heavy (non-hydrogen) atoms. The normalized spacial score (nSPS) is 22.6. The van der Waals surface area contributed by atoms with Gasteiger partial charge in [-0.2, -0.15) is 0 Å². The Balaban J connectivity index is 1.82. The lowest BCUT2D eigenvalue weighted by atomic mass is 9.81. The van der Waals surface area contributed by atoms with Gasteiger partial charge in [-0.05, 0) is 30.7 Å². The Kier molecular flexibility index (Phi) is 5.67. The highest BCUT2D eigenvalue weighted by atomic mass is 35.5. The van der Waals surface area contributed by atoms with E-state index in [4.69, 9.17) is 23.2 Å². The Hall–Kier alpha value is -0.800. The van der Waals surface area contributed by atoms with E-state index in [-0.39, 0.29) is 11.1 Å². The molecule has 0 radical (unpaired) electrons. The van der Waals surface area contributed by atoms with Crippen molar-refractivity contribution in [2.24, 2.45) is 11.8 Å². The first kappa shape index (κ1) is 15.6. The molecular weight excluding hydrogens is 295 g/mol. The summed E-state index contributed by atoms with van der Waals surface area (Å²) in [5.74, 6) is 1.34. The number of carbonyl (C=O) groups excluding carboxylic acids is 1. The maximum Gasteiger partial charge on any atom is 0.252 e. The van der Waals surface area contributed by atoms with E-state index in [1.807, 2.05) is 0 Å². The zero-order chi connectivity index (χ0) is 14.5. The molecule has 3 nitrogen and oxygen atoms in total. The summed E-state index contributed by atoms with van der Waals surface area (Å²) in [7, 11) is 0. The summed E-state index contributed by atoms with van der Waals surface area (Å²) in [6.45, 7) is 2.99. The van der Waals surface area contributed by atoms with Crippen molar-refractivity contribution < 1.29 is 4.79 Å². The summed E-state index contributed by atoms with van der Waals surface area (Å²) < 4.78 is 0. The average Bonchev–Trinajstić information content (AvgIpc) is 2.48. The van der Waals surface area contributed by atoms with Crippen LogP contribution in [0.15, 0.2) is 12.3 Å². The summed E-state index contributed by atoms with van der Waals surface area (Å²) in [5.41, 5.74) is 0.460. The smallest absolute Gasteiger partial charge is 0.252 e. The second-order valence-corrected chi connectivity index (χ2v) is 6.27. The van der Waals surface area contributed by atoms with E-state index < -0.39 is 0 Å². The minimum Gasteiger partial charge on any atom is -0.352 e. The number of pyridine rings is 1. The number of amides is 1.